The number of nitrogens with zero attached hydrogens (tertiary/aromatic N) is 1. The second kappa shape index (κ2) is 8.39. The van der Waals surface area contributed by atoms with Crippen molar-refractivity contribution in [3.8, 4) is 0 Å². The van der Waals surface area contributed by atoms with E-state index in [1.165, 1.54) is 0 Å². The van der Waals surface area contributed by atoms with Crippen molar-refractivity contribution >= 4 is 35.0 Å². The SMILES string of the molecule is O=C(NCCCN1CCCCCC1=O)c1ccc(Cl)cc1Cl. The van der Waals surface area contributed by atoms with Crippen molar-refractivity contribution in [1.82, 2.24) is 10.2 Å². The second-order valence-electron chi connectivity index (χ2n) is 5.43. The Morgan fingerprint density at radius 1 is 1.23 bits per heavy atom. The predicted molar refractivity (Wildman–Crippen MR) is 88.5 cm³/mol. The largest absolute Gasteiger partial charge is 0.352 e. The van der Waals surface area contributed by atoms with Crippen LogP contribution in [0.1, 0.15) is 42.5 Å². The average Bonchev–Trinajstić information content (AvgIpc) is 2.68. The van der Waals surface area contributed by atoms with Crippen LogP contribution in [-0.4, -0.2) is 36.3 Å². The van der Waals surface area contributed by atoms with E-state index in [1.54, 1.807) is 18.2 Å². The molecule has 6 heteroatoms. The first-order chi connectivity index (χ1) is 10.6. The summed E-state index contributed by atoms with van der Waals surface area (Å²) in [5.41, 5.74) is 0.414. The molecule has 0 saturated carbocycles. The Labute approximate surface area is 140 Å². The molecular weight excluding hydrogens is 323 g/mol. The van der Waals surface area contributed by atoms with Crippen molar-refractivity contribution in [2.24, 2.45) is 0 Å². The summed E-state index contributed by atoms with van der Waals surface area (Å²) in [4.78, 5) is 25.8. The van der Waals surface area contributed by atoms with Gasteiger partial charge < -0.3 is 10.2 Å². The molecular formula is C16H20Cl2N2O2. The van der Waals surface area contributed by atoms with Gasteiger partial charge in [0.1, 0.15) is 0 Å². The van der Waals surface area contributed by atoms with E-state index in [-0.39, 0.29) is 11.8 Å². The Bertz CT molecular complexity index is 549. The van der Waals surface area contributed by atoms with Crippen LogP contribution in [0.3, 0.4) is 0 Å². The van der Waals surface area contributed by atoms with Gasteiger partial charge >= 0.3 is 0 Å². The van der Waals surface area contributed by atoms with Crippen molar-refractivity contribution in [2.75, 3.05) is 19.6 Å². The minimum Gasteiger partial charge on any atom is -0.352 e. The Morgan fingerprint density at radius 3 is 2.82 bits per heavy atom. The highest BCUT2D eigenvalue weighted by atomic mass is 35.5. The van der Waals surface area contributed by atoms with Crippen molar-refractivity contribution in [1.29, 1.82) is 0 Å². The standard InChI is InChI=1S/C16H20Cl2N2O2/c17-12-6-7-13(14(18)11-12)16(22)19-8-4-10-20-9-3-1-2-5-15(20)21/h6-7,11H,1-5,8-10H2,(H,19,22). The summed E-state index contributed by atoms with van der Waals surface area (Å²) in [5.74, 6) is 0.00781. The molecule has 0 atom stereocenters. The number of likely N-dealkylation sites (tertiary alicyclic amines) is 1. The maximum absolute atomic E-state index is 12.0. The molecule has 4 nitrogen and oxygen atoms in total. The van der Waals surface area contributed by atoms with Gasteiger partial charge in [-0.05, 0) is 37.5 Å². The van der Waals surface area contributed by atoms with Crippen LogP contribution in [0.4, 0.5) is 0 Å². The number of halogens is 2. The summed E-state index contributed by atoms with van der Waals surface area (Å²) in [6, 6.07) is 4.80. The van der Waals surface area contributed by atoms with Crippen LogP contribution in [0.2, 0.25) is 10.0 Å². The van der Waals surface area contributed by atoms with E-state index in [1.807, 2.05) is 4.90 Å². The van der Waals surface area contributed by atoms with Crippen LogP contribution in [0, 0.1) is 0 Å². The molecule has 120 valence electrons. The summed E-state index contributed by atoms with van der Waals surface area (Å²) < 4.78 is 0. The third-order valence-corrected chi connectivity index (χ3v) is 4.29. The maximum atomic E-state index is 12.0. The molecule has 1 aromatic carbocycles. The van der Waals surface area contributed by atoms with Gasteiger partial charge in [0.05, 0.1) is 10.6 Å². The number of carbonyl (C=O) groups is 2. The lowest BCUT2D eigenvalue weighted by molar-refractivity contribution is -0.130. The monoisotopic (exact) mass is 342 g/mol. The van der Waals surface area contributed by atoms with Crippen LogP contribution >= 0.6 is 23.2 Å². The number of amides is 2. The smallest absolute Gasteiger partial charge is 0.252 e. The van der Waals surface area contributed by atoms with E-state index in [2.05, 4.69) is 5.32 Å². The van der Waals surface area contributed by atoms with E-state index in [0.717, 1.165) is 32.2 Å². The second-order valence-corrected chi connectivity index (χ2v) is 6.27. The lowest BCUT2D eigenvalue weighted by Gasteiger charge is -2.20. The minimum atomic E-state index is -0.219. The molecule has 0 unspecified atom stereocenters. The Kier molecular flexibility index (Phi) is 6.52. The molecule has 0 radical (unpaired) electrons. The highest BCUT2D eigenvalue weighted by molar-refractivity contribution is 6.36. The number of rotatable bonds is 5. The highest BCUT2D eigenvalue weighted by Gasteiger charge is 2.16. The fourth-order valence-electron chi connectivity index (χ4n) is 2.52. The molecule has 2 amide bonds. The zero-order valence-electron chi connectivity index (χ0n) is 12.4. The molecule has 1 aliphatic heterocycles. The molecule has 0 aromatic heterocycles. The topological polar surface area (TPSA) is 49.4 Å². The lowest BCUT2D eigenvalue weighted by Crippen LogP contribution is -2.34. The molecule has 0 spiro atoms. The van der Waals surface area contributed by atoms with Crippen molar-refractivity contribution in [3.63, 3.8) is 0 Å². The van der Waals surface area contributed by atoms with Gasteiger partial charge in [-0.15, -0.1) is 0 Å². The zero-order valence-corrected chi connectivity index (χ0v) is 13.9. The fourth-order valence-corrected chi connectivity index (χ4v) is 3.01. The number of hydrogen-bond acceptors (Lipinski definition) is 2. The van der Waals surface area contributed by atoms with Gasteiger partial charge in [0.25, 0.3) is 5.91 Å². The van der Waals surface area contributed by atoms with Gasteiger partial charge in [-0.25, -0.2) is 0 Å². The van der Waals surface area contributed by atoms with Crippen LogP contribution in [0.15, 0.2) is 18.2 Å². The molecule has 0 bridgehead atoms. The summed E-state index contributed by atoms with van der Waals surface area (Å²) >= 11 is 11.8. The Morgan fingerprint density at radius 2 is 2.05 bits per heavy atom. The summed E-state index contributed by atoms with van der Waals surface area (Å²) in [7, 11) is 0. The van der Waals surface area contributed by atoms with Crippen LogP contribution in [0.25, 0.3) is 0 Å². The van der Waals surface area contributed by atoms with Gasteiger partial charge in [-0.2, -0.15) is 0 Å². The van der Waals surface area contributed by atoms with E-state index in [0.29, 0.717) is 35.1 Å². The molecule has 2 rings (SSSR count). The first kappa shape index (κ1) is 17.1. The molecule has 1 N–H and O–H groups in total. The molecule has 1 fully saturated rings. The van der Waals surface area contributed by atoms with E-state index >= 15 is 0 Å². The van der Waals surface area contributed by atoms with Gasteiger partial charge in [0.2, 0.25) is 5.91 Å². The van der Waals surface area contributed by atoms with Crippen molar-refractivity contribution in [3.05, 3.63) is 33.8 Å². The molecule has 1 aromatic rings. The first-order valence-electron chi connectivity index (χ1n) is 7.59. The number of benzene rings is 1. The van der Waals surface area contributed by atoms with Gasteiger partial charge in [-0.1, -0.05) is 29.6 Å². The average molecular weight is 343 g/mol. The molecule has 1 heterocycles. The number of hydrogen-bond donors (Lipinski definition) is 1. The number of carbonyl (C=O) groups excluding carboxylic acids is 2. The first-order valence-corrected chi connectivity index (χ1v) is 8.34. The van der Waals surface area contributed by atoms with Gasteiger partial charge in [-0.3, -0.25) is 9.59 Å². The Hall–Kier alpha value is -1.26. The molecule has 0 aliphatic carbocycles. The van der Waals surface area contributed by atoms with E-state index in [4.69, 9.17) is 23.2 Å². The summed E-state index contributed by atoms with van der Waals surface area (Å²) in [6.45, 7) is 2.03. The third kappa shape index (κ3) is 4.89. The molecule has 1 aliphatic rings. The minimum absolute atomic E-state index is 0.219. The summed E-state index contributed by atoms with van der Waals surface area (Å²) in [6.07, 6.45) is 4.56. The third-order valence-electron chi connectivity index (χ3n) is 3.74. The van der Waals surface area contributed by atoms with E-state index < -0.39 is 0 Å². The number of nitrogens with one attached hydrogen (secondary N) is 1. The van der Waals surface area contributed by atoms with Crippen molar-refractivity contribution in [2.45, 2.75) is 32.1 Å². The van der Waals surface area contributed by atoms with E-state index in [9.17, 15) is 9.59 Å². The normalized spacial score (nSPS) is 15.5. The quantitative estimate of drug-likeness (QED) is 0.832. The van der Waals surface area contributed by atoms with Crippen molar-refractivity contribution < 1.29 is 9.59 Å². The van der Waals surface area contributed by atoms with Crippen LogP contribution < -0.4 is 5.32 Å². The molecule has 1 saturated heterocycles. The maximum Gasteiger partial charge on any atom is 0.252 e. The summed E-state index contributed by atoms with van der Waals surface area (Å²) in [5, 5.41) is 3.67. The predicted octanol–water partition coefficient (Wildman–Crippen LogP) is 3.52. The fraction of sp³-hybridized carbons (Fsp3) is 0.500. The van der Waals surface area contributed by atoms with Crippen LogP contribution in [-0.2, 0) is 4.79 Å². The van der Waals surface area contributed by atoms with Crippen LogP contribution in [0.5, 0.6) is 0 Å². The van der Waals surface area contributed by atoms with Gasteiger partial charge in [0.15, 0.2) is 0 Å². The highest BCUT2D eigenvalue weighted by Crippen LogP contribution is 2.20. The lowest BCUT2D eigenvalue weighted by atomic mass is 10.2. The van der Waals surface area contributed by atoms with Gasteiger partial charge in [0, 0.05) is 31.1 Å². The zero-order chi connectivity index (χ0) is 15.9. The molecule has 22 heavy (non-hydrogen) atoms. The Balaban J connectivity index is 1.76.